The predicted molar refractivity (Wildman–Crippen MR) is 276 cm³/mol. The third-order valence-electron chi connectivity index (χ3n) is 12.9. The van der Waals surface area contributed by atoms with Crippen molar-refractivity contribution >= 4 is 159 Å². The van der Waals surface area contributed by atoms with Gasteiger partial charge >= 0.3 is 0 Å². The van der Waals surface area contributed by atoms with E-state index in [0.29, 0.717) is 49.3 Å². The van der Waals surface area contributed by atoms with Crippen molar-refractivity contribution in [3.05, 3.63) is 164 Å². The Bertz CT molecular complexity index is 3910. The highest BCUT2D eigenvalue weighted by Gasteiger charge is 2.26. The molecule has 3 aromatic heterocycles. The van der Waals surface area contributed by atoms with Crippen LogP contribution >= 0.6 is 0 Å². The van der Waals surface area contributed by atoms with E-state index >= 15 is 0 Å². The molecule has 0 fully saturated rings. The lowest BCUT2D eigenvalue weighted by molar-refractivity contribution is 0.669. The van der Waals surface area contributed by atoms with Crippen LogP contribution in [0.5, 0.6) is 0 Å². The number of benzene rings is 9. The van der Waals surface area contributed by atoms with Gasteiger partial charge in [-0.1, -0.05) is 143 Å². The molecule has 12 aromatic rings. The summed E-state index contributed by atoms with van der Waals surface area (Å²) in [4.78, 5) is 0. The van der Waals surface area contributed by atoms with Crippen LogP contribution in [0.4, 0.5) is 0 Å². The smallest absolute Gasteiger partial charge is 0.137 e. The molecule has 0 saturated carbocycles. The number of aromatic nitrogens is 2. The number of furan rings is 1. The van der Waals surface area contributed by atoms with E-state index in [-0.39, 0.29) is 21.9 Å². The molecule has 280 valence electrons. The molecule has 9 aromatic carbocycles. The largest absolute Gasteiger partial charge is 0.456 e. The van der Waals surface area contributed by atoms with Crippen LogP contribution in [0.1, 0.15) is 0 Å². The van der Waals surface area contributed by atoms with Gasteiger partial charge in [0.25, 0.3) is 0 Å². The minimum atomic E-state index is 0.160. The third kappa shape index (κ3) is 5.51. The van der Waals surface area contributed by atoms with Crippen molar-refractivity contribution in [2.24, 2.45) is 0 Å². The zero-order chi connectivity index (χ0) is 43.5. The van der Waals surface area contributed by atoms with Gasteiger partial charge in [-0.15, -0.1) is 10.9 Å². The number of hydrogen-bond acceptors (Lipinski definition) is 1. The Balaban J connectivity index is 1.13. The molecule has 0 atom stereocenters. The highest BCUT2D eigenvalue weighted by atomic mass is 16.3. The van der Waals surface area contributed by atoms with Gasteiger partial charge in [0.05, 0.1) is 22.1 Å². The van der Waals surface area contributed by atoms with Gasteiger partial charge in [0.2, 0.25) is 0 Å². The van der Waals surface area contributed by atoms with Crippen molar-refractivity contribution in [3.63, 3.8) is 0 Å². The first-order valence-corrected chi connectivity index (χ1v) is 21.0. The zero-order valence-corrected chi connectivity index (χ0v) is 34.4. The second-order valence-corrected chi connectivity index (χ2v) is 16.4. The SMILES string of the molecule is [B]c1c([B])c([B])c2c(c1[B])c1c([B])c(-c3ccc4c(c3)c3ccc(-c5ccccc5)cc3n4-c3ccc(-c4ccccc4)cc3)c([B])c([B])c1n2-c1cccc2oc3ccccc3c12. The molecule has 0 spiro atoms. The van der Waals surface area contributed by atoms with E-state index in [9.17, 15) is 0 Å². The molecule has 0 aliphatic carbocycles. The molecule has 64 heavy (non-hydrogen) atoms. The molecule has 14 radical (unpaired) electrons. The van der Waals surface area contributed by atoms with E-state index in [1.165, 1.54) is 0 Å². The first kappa shape index (κ1) is 38.5. The van der Waals surface area contributed by atoms with Crippen molar-refractivity contribution in [2.75, 3.05) is 0 Å². The van der Waals surface area contributed by atoms with Gasteiger partial charge in [0.15, 0.2) is 0 Å². The molecule has 0 unspecified atom stereocenters. The first-order valence-electron chi connectivity index (χ1n) is 21.0. The summed E-state index contributed by atoms with van der Waals surface area (Å²) >= 11 is 0. The van der Waals surface area contributed by atoms with E-state index in [1.807, 2.05) is 65.2 Å². The molecular weight excluding hydrogens is 768 g/mol. The van der Waals surface area contributed by atoms with Crippen molar-refractivity contribution in [2.45, 2.75) is 0 Å². The second-order valence-electron chi connectivity index (χ2n) is 16.4. The van der Waals surface area contributed by atoms with Crippen molar-refractivity contribution in [3.8, 4) is 44.8 Å². The second kappa shape index (κ2) is 14.4. The fourth-order valence-electron chi connectivity index (χ4n) is 9.88. The Morgan fingerprint density at radius 3 is 1.64 bits per heavy atom. The molecule has 0 N–H and O–H groups in total. The van der Waals surface area contributed by atoms with Crippen LogP contribution in [0, 0.1) is 0 Å². The average molecular weight is 796 g/mol. The standard InChI is InChI=1S/C54H27B7N2O/c55-46-42(47(56)51(60)53-44(46)45-48(57)49(58)50(59)52(61)54(45)63(53)38-15-9-17-41-43(38)35-14-7-8-16-40(35)64-41)32-21-25-37-36(26-32)34-24-20-31(29-12-5-2-6-13-29)27-39(34)62(37)33-22-18-30(19-23-33)28-10-3-1-4-11-28/h1-27H. The number of nitrogens with zero attached hydrogens (tertiary/aromatic N) is 2. The van der Waals surface area contributed by atoms with Crippen LogP contribution in [0.25, 0.3) is 110 Å². The van der Waals surface area contributed by atoms with E-state index in [1.54, 1.807) is 0 Å². The molecule has 0 aliphatic rings. The lowest BCUT2D eigenvalue weighted by Crippen LogP contribution is -2.48. The Morgan fingerprint density at radius 1 is 0.328 bits per heavy atom. The molecule has 0 amide bonds. The monoisotopic (exact) mass is 796 g/mol. The summed E-state index contributed by atoms with van der Waals surface area (Å²) in [6, 6.07) is 56.1. The van der Waals surface area contributed by atoms with Crippen LogP contribution in [-0.4, -0.2) is 64.1 Å². The van der Waals surface area contributed by atoms with Crippen LogP contribution in [0.3, 0.4) is 0 Å². The maximum atomic E-state index is 7.43. The molecule has 0 saturated heterocycles. The Morgan fingerprint density at radius 2 is 0.906 bits per heavy atom. The molecule has 10 heteroatoms. The van der Waals surface area contributed by atoms with Gasteiger partial charge in [-0.05, 0) is 87.3 Å². The van der Waals surface area contributed by atoms with Gasteiger partial charge in [-0.3, -0.25) is 0 Å². The van der Waals surface area contributed by atoms with Crippen LogP contribution < -0.4 is 38.2 Å². The van der Waals surface area contributed by atoms with E-state index in [0.717, 1.165) is 77.4 Å². The summed E-state index contributed by atoms with van der Waals surface area (Å²) in [6.07, 6.45) is 0. The molecule has 3 heterocycles. The van der Waals surface area contributed by atoms with Crippen LogP contribution in [-0.2, 0) is 0 Å². The average Bonchev–Trinajstić information content (AvgIpc) is 4.01. The molecule has 0 aliphatic heterocycles. The quantitative estimate of drug-likeness (QED) is 0.187. The maximum absolute atomic E-state index is 7.43. The summed E-state index contributed by atoms with van der Waals surface area (Å²) < 4.78 is 10.6. The van der Waals surface area contributed by atoms with Crippen LogP contribution in [0.2, 0.25) is 0 Å². The van der Waals surface area contributed by atoms with E-state index in [4.69, 9.17) is 59.3 Å². The molecule has 3 nitrogen and oxygen atoms in total. The number of hydrogen-bond donors (Lipinski definition) is 0. The van der Waals surface area contributed by atoms with Gasteiger partial charge < -0.3 is 13.6 Å². The highest BCUT2D eigenvalue weighted by Crippen LogP contribution is 2.40. The minimum Gasteiger partial charge on any atom is -0.456 e. The molecule has 0 bridgehead atoms. The van der Waals surface area contributed by atoms with Crippen molar-refractivity contribution < 1.29 is 4.42 Å². The summed E-state index contributed by atoms with van der Waals surface area (Å²) in [5.74, 6) is 0. The fourth-order valence-corrected chi connectivity index (χ4v) is 9.88. The van der Waals surface area contributed by atoms with Gasteiger partial charge in [0.1, 0.15) is 66.1 Å². The Hall–Kier alpha value is -7.17. The summed E-state index contributed by atoms with van der Waals surface area (Å²) in [7, 11) is 49.0. The van der Waals surface area contributed by atoms with Gasteiger partial charge in [-0.2, -0.15) is 0 Å². The Kier molecular flexibility index (Phi) is 8.69. The molecular formula is C54H27B7N2O. The lowest BCUT2D eigenvalue weighted by atomic mass is 9.64. The normalized spacial score (nSPS) is 11.9. The molecule has 12 rings (SSSR count). The maximum Gasteiger partial charge on any atom is 0.137 e. The van der Waals surface area contributed by atoms with Crippen molar-refractivity contribution in [1.29, 1.82) is 0 Å². The summed E-state index contributed by atoms with van der Waals surface area (Å²) in [5, 5.41) is 4.92. The van der Waals surface area contributed by atoms with Crippen molar-refractivity contribution in [1.82, 2.24) is 9.13 Å². The van der Waals surface area contributed by atoms with E-state index in [2.05, 4.69) is 108 Å². The number of para-hydroxylation sites is 1. The minimum absolute atomic E-state index is 0.160. The fraction of sp³-hybridized carbons (Fsp3) is 0. The third-order valence-corrected chi connectivity index (χ3v) is 12.9. The van der Waals surface area contributed by atoms with Gasteiger partial charge in [0, 0.05) is 38.3 Å². The van der Waals surface area contributed by atoms with Crippen LogP contribution in [0.15, 0.2) is 168 Å². The number of rotatable bonds is 5. The lowest BCUT2D eigenvalue weighted by Gasteiger charge is -2.19. The highest BCUT2D eigenvalue weighted by molar-refractivity contribution is 6.69. The van der Waals surface area contributed by atoms with E-state index < -0.39 is 0 Å². The topological polar surface area (TPSA) is 23.0 Å². The zero-order valence-electron chi connectivity index (χ0n) is 34.4. The number of fused-ring (bicyclic) bond motifs is 9. The Labute approximate surface area is 379 Å². The predicted octanol–water partition coefficient (Wildman–Crippen LogP) is 6.34. The summed E-state index contributed by atoms with van der Waals surface area (Å²) in [6.45, 7) is 0. The first-order chi connectivity index (χ1) is 31.2. The summed E-state index contributed by atoms with van der Waals surface area (Å²) in [5.41, 5.74) is 13.9. The van der Waals surface area contributed by atoms with Gasteiger partial charge in [-0.25, -0.2) is 0 Å².